The van der Waals surface area contributed by atoms with Crippen LogP contribution in [0.3, 0.4) is 0 Å². The summed E-state index contributed by atoms with van der Waals surface area (Å²) in [6, 6.07) is 1.83. The molecule has 2 aliphatic carbocycles. The van der Waals surface area contributed by atoms with Gasteiger partial charge in [0.1, 0.15) is 29.0 Å². The summed E-state index contributed by atoms with van der Waals surface area (Å²) in [6.45, 7) is 6.43. The summed E-state index contributed by atoms with van der Waals surface area (Å²) >= 11 is 0. The van der Waals surface area contributed by atoms with E-state index in [4.69, 9.17) is 4.74 Å². The number of nitriles is 1. The summed E-state index contributed by atoms with van der Waals surface area (Å²) in [5.41, 5.74) is 1.31. The van der Waals surface area contributed by atoms with Crippen molar-refractivity contribution < 1.29 is 17.9 Å². The maximum absolute atomic E-state index is 13.9. The number of aryl methyl sites for hydroxylation is 1. The monoisotopic (exact) mass is 480 g/mol. The molecule has 5 rings (SSSR count). The van der Waals surface area contributed by atoms with Crippen LogP contribution in [-0.2, 0) is 4.74 Å². The van der Waals surface area contributed by atoms with E-state index in [0.717, 1.165) is 12.8 Å². The normalized spacial score (nSPS) is 20.9. The Bertz CT molecular complexity index is 1350. The molecule has 3 heterocycles. The van der Waals surface area contributed by atoms with Gasteiger partial charge in [-0.05, 0) is 44.4 Å². The molecule has 7 nitrogen and oxygen atoms in total. The minimum Gasteiger partial charge on any atom is -0.371 e. The molecule has 2 aromatic heterocycles. The fourth-order valence-electron chi connectivity index (χ4n) is 4.39. The third kappa shape index (κ3) is 4.17. The van der Waals surface area contributed by atoms with Crippen molar-refractivity contribution in [3.63, 3.8) is 0 Å². The number of alkyl halides is 2. The first-order valence-corrected chi connectivity index (χ1v) is 11.4. The summed E-state index contributed by atoms with van der Waals surface area (Å²) in [5.74, 6) is 0.0811. The van der Waals surface area contributed by atoms with Gasteiger partial charge >= 0.3 is 0 Å². The fraction of sp³-hybridized carbons (Fsp3) is 0.360. The molecule has 0 N–H and O–H groups in total. The number of rotatable bonds is 6. The van der Waals surface area contributed by atoms with Gasteiger partial charge in [-0.1, -0.05) is 6.58 Å². The molecule has 0 atom stereocenters. The highest BCUT2D eigenvalue weighted by Crippen LogP contribution is 2.35. The first-order valence-electron chi connectivity index (χ1n) is 11.4. The summed E-state index contributed by atoms with van der Waals surface area (Å²) in [6.07, 6.45) is 7.92. The third-order valence-electron chi connectivity index (χ3n) is 6.42. The van der Waals surface area contributed by atoms with Crippen molar-refractivity contribution in [1.82, 2.24) is 14.6 Å². The zero-order valence-corrected chi connectivity index (χ0v) is 19.1. The highest BCUT2D eigenvalue weighted by molar-refractivity contribution is 6.15. The van der Waals surface area contributed by atoms with Crippen molar-refractivity contribution in [3.05, 3.63) is 64.9 Å². The Morgan fingerprint density at radius 1 is 1.29 bits per heavy atom. The Labute approximate surface area is 200 Å². The zero-order chi connectivity index (χ0) is 24.7. The van der Waals surface area contributed by atoms with Crippen LogP contribution < -0.4 is 4.90 Å². The molecule has 0 bridgehead atoms. The van der Waals surface area contributed by atoms with Crippen LogP contribution in [0.5, 0.6) is 0 Å². The number of hydrogen-bond acceptors (Lipinski definition) is 6. The lowest BCUT2D eigenvalue weighted by Crippen LogP contribution is -2.55. The van der Waals surface area contributed by atoms with E-state index in [1.807, 2.05) is 11.0 Å². The van der Waals surface area contributed by atoms with Gasteiger partial charge in [0, 0.05) is 36.5 Å². The highest BCUT2D eigenvalue weighted by Gasteiger charge is 2.36. The lowest BCUT2D eigenvalue weighted by molar-refractivity contribution is -0.0616. The third-order valence-corrected chi connectivity index (χ3v) is 6.42. The number of aliphatic imine (C=N–C) groups is 1. The van der Waals surface area contributed by atoms with E-state index in [1.54, 1.807) is 19.1 Å². The van der Waals surface area contributed by atoms with Crippen LogP contribution in [0.25, 0.3) is 11.7 Å². The summed E-state index contributed by atoms with van der Waals surface area (Å²) < 4.78 is 48.7. The second kappa shape index (κ2) is 9.15. The first-order chi connectivity index (χ1) is 16.9. The molecule has 2 aromatic rings. The number of nitrogens with zero attached hydrogens (tertiary/aromatic N) is 6. The van der Waals surface area contributed by atoms with E-state index >= 15 is 0 Å². The predicted octanol–water partition coefficient (Wildman–Crippen LogP) is 5.00. The van der Waals surface area contributed by atoms with Gasteiger partial charge in [0.2, 0.25) is 0 Å². The number of hydrogen-bond donors (Lipinski definition) is 0. The largest absolute Gasteiger partial charge is 0.371 e. The quantitative estimate of drug-likeness (QED) is 0.582. The van der Waals surface area contributed by atoms with Crippen LogP contribution in [0, 0.1) is 18.3 Å². The predicted molar refractivity (Wildman–Crippen MR) is 126 cm³/mol. The van der Waals surface area contributed by atoms with E-state index in [2.05, 4.69) is 21.7 Å². The number of aromatic nitrogens is 3. The van der Waals surface area contributed by atoms with Gasteiger partial charge in [-0.25, -0.2) is 18.2 Å². The van der Waals surface area contributed by atoms with Crippen LogP contribution in [-0.4, -0.2) is 45.6 Å². The molecule has 1 saturated carbocycles. The Balaban J connectivity index is 1.64. The van der Waals surface area contributed by atoms with Gasteiger partial charge in [0.15, 0.2) is 5.65 Å². The lowest BCUT2D eigenvalue weighted by atomic mass is 9.95. The molecular weight excluding hydrogens is 457 g/mol. The van der Waals surface area contributed by atoms with Gasteiger partial charge in [-0.15, -0.1) is 0 Å². The Kier molecular flexibility index (Phi) is 6.03. The number of allylic oxidation sites excluding steroid dienone is 5. The maximum Gasteiger partial charge on any atom is 0.283 e. The topological polar surface area (TPSA) is 78.8 Å². The van der Waals surface area contributed by atoms with Crippen molar-refractivity contribution in [2.75, 3.05) is 18.0 Å². The molecule has 0 aromatic carbocycles. The molecule has 1 aliphatic heterocycles. The molecule has 0 spiro atoms. The van der Waals surface area contributed by atoms with Crippen molar-refractivity contribution in [2.24, 2.45) is 4.99 Å². The van der Waals surface area contributed by atoms with Gasteiger partial charge in [0.25, 0.3) is 6.43 Å². The van der Waals surface area contributed by atoms with Crippen LogP contribution in [0.4, 0.5) is 19.0 Å². The van der Waals surface area contributed by atoms with Crippen molar-refractivity contribution in [1.29, 1.82) is 5.26 Å². The molecule has 35 heavy (non-hydrogen) atoms. The minimum absolute atomic E-state index is 0.0226. The van der Waals surface area contributed by atoms with E-state index in [9.17, 15) is 18.4 Å². The summed E-state index contributed by atoms with van der Waals surface area (Å²) in [5, 5.41) is 13.7. The molecule has 1 saturated heterocycles. The SMILES string of the molecule is C=CN=C1C=C(F)C=C/C1=C\c1c(C)nc2c(C#N)c(C(F)F)nn2c1N1CC(OC2CCC2)C1. The maximum atomic E-state index is 13.9. The average molecular weight is 480 g/mol. The van der Waals surface area contributed by atoms with Crippen LogP contribution in [0.1, 0.15) is 48.2 Å². The molecule has 3 aliphatic rings. The number of fused-ring (bicyclic) bond motifs is 1. The molecule has 2 fully saturated rings. The van der Waals surface area contributed by atoms with Gasteiger partial charge in [-0.3, -0.25) is 4.99 Å². The van der Waals surface area contributed by atoms with Crippen molar-refractivity contribution >= 4 is 23.3 Å². The molecule has 0 amide bonds. The number of anilines is 1. The minimum atomic E-state index is -2.92. The van der Waals surface area contributed by atoms with E-state index in [1.165, 1.54) is 29.3 Å². The van der Waals surface area contributed by atoms with Gasteiger partial charge in [0.05, 0.1) is 23.6 Å². The summed E-state index contributed by atoms with van der Waals surface area (Å²) in [7, 11) is 0. The Morgan fingerprint density at radius 2 is 2.06 bits per heavy atom. The fourth-order valence-corrected chi connectivity index (χ4v) is 4.39. The summed E-state index contributed by atoms with van der Waals surface area (Å²) in [4.78, 5) is 10.6. The highest BCUT2D eigenvalue weighted by atomic mass is 19.3. The Morgan fingerprint density at radius 3 is 2.69 bits per heavy atom. The van der Waals surface area contributed by atoms with Crippen molar-refractivity contribution in [2.45, 2.75) is 44.8 Å². The van der Waals surface area contributed by atoms with E-state index < -0.39 is 17.9 Å². The molecule has 180 valence electrons. The van der Waals surface area contributed by atoms with Crippen LogP contribution in [0.2, 0.25) is 0 Å². The number of ether oxygens (including phenoxy) is 1. The average Bonchev–Trinajstić information content (AvgIpc) is 3.13. The smallest absolute Gasteiger partial charge is 0.283 e. The number of halogens is 3. The van der Waals surface area contributed by atoms with Crippen LogP contribution >= 0.6 is 0 Å². The van der Waals surface area contributed by atoms with Crippen molar-refractivity contribution in [3.8, 4) is 6.07 Å². The Hall–Kier alpha value is -3.71. The molecule has 10 heteroatoms. The van der Waals surface area contributed by atoms with Gasteiger partial charge < -0.3 is 9.64 Å². The first kappa shape index (κ1) is 23.1. The lowest BCUT2D eigenvalue weighted by Gasteiger charge is -2.44. The zero-order valence-electron chi connectivity index (χ0n) is 19.1. The van der Waals surface area contributed by atoms with E-state index in [-0.39, 0.29) is 23.4 Å². The van der Waals surface area contributed by atoms with Crippen LogP contribution in [0.15, 0.2) is 47.4 Å². The molecule has 0 unspecified atom stereocenters. The second-order valence-corrected chi connectivity index (χ2v) is 8.72. The standard InChI is InChI=1S/C25H23F3N6O/c1-3-30-21-10-16(26)8-7-15(21)9-19-14(2)31-24-20(11-29)22(23(27)28)32-34(24)25(19)33-12-18(13-33)35-17-5-4-6-17/h3,7-10,17-18,23H,1,4-6,12-13H2,2H3/b15-9+,30-21?. The van der Waals surface area contributed by atoms with E-state index in [0.29, 0.717) is 41.4 Å². The molecule has 0 radical (unpaired) electrons. The second-order valence-electron chi connectivity index (χ2n) is 8.72. The van der Waals surface area contributed by atoms with Gasteiger partial charge in [-0.2, -0.15) is 14.9 Å². The molecular formula is C25H23F3N6O.